The van der Waals surface area contributed by atoms with Gasteiger partial charge in [-0.3, -0.25) is 10.1 Å². The Kier molecular flexibility index (Phi) is 5.84. The minimum absolute atomic E-state index is 0.0807. The fraction of sp³-hybridized carbons (Fsp3) is 0.412. The highest BCUT2D eigenvalue weighted by atomic mass is 32.2. The second-order valence-electron chi connectivity index (χ2n) is 6.78. The summed E-state index contributed by atoms with van der Waals surface area (Å²) in [5.74, 6) is 0.432. The summed E-state index contributed by atoms with van der Waals surface area (Å²) in [7, 11) is 1.85. The molecule has 1 heterocycles. The number of carbonyl (C=O) groups excluding carboxylic acids is 2. The molecule has 0 aliphatic rings. The van der Waals surface area contributed by atoms with Crippen LogP contribution in [0.5, 0.6) is 0 Å². The van der Waals surface area contributed by atoms with Gasteiger partial charge in [0.15, 0.2) is 11.0 Å². The van der Waals surface area contributed by atoms with Crippen LogP contribution in [-0.4, -0.2) is 38.0 Å². The van der Waals surface area contributed by atoms with Crippen molar-refractivity contribution in [2.75, 3.05) is 5.75 Å². The number of thioether (sulfide) groups is 1. The van der Waals surface area contributed by atoms with E-state index >= 15 is 0 Å². The molecule has 1 aromatic heterocycles. The summed E-state index contributed by atoms with van der Waals surface area (Å²) in [5.41, 5.74) is 1.71. The van der Waals surface area contributed by atoms with Crippen LogP contribution in [0.1, 0.15) is 26.3 Å². The number of carbonyl (C=O) groups is 2. The zero-order valence-electron chi connectivity index (χ0n) is 15.1. The number of amides is 3. The van der Waals surface area contributed by atoms with Gasteiger partial charge in [-0.2, -0.15) is 0 Å². The third kappa shape index (κ3) is 5.60. The van der Waals surface area contributed by atoms with E-state index in [0.717, 1.165) is 17.0 Å². The van der Waals surface area contributed by atoms with Crippen molar-refractivity contribution in [3.63, 3.8) is 0 Å². The molecule has 0 unspecified atom stereocenters. The standard InChI is InChI=1S/C17H23N5O2S/c1-11-7-6-8-12(9-11)14-20-21-16(22(14)5)25-10-13(23)18-15(24)19-17(2,3)4/h6-9H,10H2,1-5H3,(H2,18,19,23,24). The number of rotatable bonds is 4. The molecule has 25 heavy (non-hydrogen) atoms. The van der Waals surface area contributed by atoms with Crippen molar-refractivity contribution in [1.82, 2.24) is 25.4 Å². The molecule has 134 valence electrons. The zero-order chi connectivity index (χ0) is 18.6. The molecule has 0 atom stereocenters. The number of aromatic nitrogens is 3. The molecule has 8 heteroatoms. The highest BCUT2D eigenvalue weighted by Gasteiger charge is 2.17. The van der Waals surface area contributed by atoms with Gasteiger partial charge in [0.1, 0.15) is 0 Å². The highest BCUT2D eigenvalue weighted by Crippen LogP contribution is 2.23. The number of hydrogen-bond donors (Lipinski definition) is 2. The summed E-state index contributed by atoms with van der Waals surface area (Å²) in [6.45, 7) is 7.55. The molecule has 1 aromatic carbocycles. The van der Waals surface area contributed by atoms with E-state index in [1.165, 1.54) is 11.8 Å². The first kappa shape index (κ1) is 19.0. The van der Waals surface area contributed by atoms with Crippen molar-refractivity contribution in [2.24, 2.45) is 7.05 Å². The SMILES string of the molecule is Cc1cccc(-c2nnc(SCC(=O)NC(=O)NC(C)(C)C)n2C)c1. The molecule has 2 N–H and O–H groups in total. The predicted molar refractivity (Wildman–Crippen MR) is 98.3 cm³/mol. The van der Waals surface area contributed by atoms with Crippen LogP contribution in [0.3, 0.4) is 0 Å². The molecule has 0 spiro atoms. The van der Waals surface area contributed by atoms with Crippen LogP contribution >= 0.6 is 11.8 Å². The van der Waals surface area contributed by atoms with Gasteiger partial charge in [-0.15, -0.1) is 10.2 Å². The number of benzene rings is 1. The fourth-order valence-corrected chi connectivity index (χ4v) is 2.85. The number of nitrogens with zero attached hydrogens (tertiary/aromatic N) is 3. The summed E-state index contributed by atoms with van der Waals surface area (Å²) >= 11 is 1.23. The molecule has 0 bridgehead atoms. The maximum absolute atomic E-state index is 11.9. The quantitative estimate of drug-likeness (QED) is 0.817. The minimum atomic E-state index is -0.503. The molecule has 3 amide bonds. The van der Waals surface area contributed by atoms with E-state index < -0.39 is 11.6 Å². The number of aryl methyl sites for hydroxylation is 1. The maximum Gasteiger partial charge on any atom is 0.321 e. The molecule has 0 aliphatic carbocycles. The van der Waals surface area contributed by atoms with Crippen LogP contribution in [-0.2, 0) is 11.8 Å². The second kappa shape index (κ2) is 7.69. The molecule has 2 aromatic rings. The Morgan fingerprint density at radius 3 is 2.60 bits per heavy atom. The molecule has 0 fully saturated rings. The molecule has 0 radical (unpaired) electrons. The van der Waals surface area contributed by atoms with Crippen molar-refractivity contribution in [1.29, 1.82) is 0 Å². The lowest BCUT2D eigenvalue weighted by Gasteiger charge is -2.20. The predicted octanol–water partition coefficient (Wildman–Crippen LogP) is 2.51. The average molecular weight is 361 g/mol. The number of urea groups is 1. The second-order valence-corrected chi connectivity index (χ2v) is 7.72. The summed E-state index contributed by atoms with van der Waals surface area (Å²) in [6, 6.07) is 7.48. The molecule has 7 nitrogen and oxygen atoms in total. The molecule has 2 rings (SSSR count). The lowest BCUT2D eigenvalue weighted by atomic mass is 10.1. The van der Waals surface area contributed by atoms with Crippen LogP contribution in [0, 0.1) is 6.92 Å². The minimum Gasteiger partial charge on any atom is -0.333 e. The normalized spacial score (nSPS) is 11.2. The van der Waals surface area contributed by atoms with E-state index in [9.17, 15) is 9.59 Å². The van der Waals surface area contributed by atoms with Crippen LogP contribution in [0.25, 0.3) is 11.4 Å². The first-order valence-electron chi connectivity index (χ1n) is 7.87. The molecular weight excluding hydrogens is 338 g/mol. The lowest BCUT2D eigenvalue weighted by Crippen LogP contribution is -2.48. The fourth-order valence-electron chi connectivity index (χ4n) is 2.14. The Bertz CT molecular complexity index is 780. The van der Waals surface area contributed by atoms with Gasteiger partial charge in [-0.1, -0.05) is 35.5 Å². The monoisotopic (exact) mass is 361 g/mol. The van der Waals surface area contributed by atoms with Gasteiger partial charge in [0, 0.05) is 18.2 Å². The van der Waals surface area contributed by atoms with E-state index in [4.69, 9.17) is 0 Å². The van der Waals surface area contributed by atoms with E-state index in [2.05, 4.69) is 20.8 Å². The summed E-state index contributed by atoms with van der Waals surface area (Å²) in [4.78, 5) is 23.6. The highest BCUT2D eigenvalue weighted by molar-refractivity contribution is 7.99. The number of nitrogens with one attached hydrogen (secondary N) is 2. The Labute approximate surface area is 151 Å². The topological polar surface area (TPSA) is 88.9 Å². The Hall–Kier alpha value is -2.35. The third-order valence-electron chi connectivity index (χ3n) is 3.19. The Balaban J connectivity index is 1.96. The molecule has 0 saturated heterocycles. The first-order valence-corrected chi connectivity index (χ1v) is 8.85. The van der Waals surface area contributed by atoms with Crippen molar-refractivity contribution < 1.29 is 9.59 Å². The third-order valence-corrected chi connectivity index (χ3v) is 4.21. The summed E-state index contributed by atoms with van der Waals surface area (Å²) in [5, 5.41) is 13.9. The van der Waals surface area contributed by atoms with Crippen molar-refractivity contribution in [3.8, 4) is 11.4 Å². The average Bonchev–Trinajstić information content (AvgIpc) is 2.84. The Morgan fingerprint density at radius 1 is 1.24 bits per heavy atom. The van der Waals surface area contributed by atoms with Crippen molar-refractivity contribution >= 4 is 23.7 Å². The van der Waals surface area contributed by atoms with Gasteiger partial charge < -0.3 is 9.88 Å². The van der Waals surface area contributed by atoms with Crippen molar-refractivity contribution in [2.45, 2.75) is 38.4 Å². The molecular formula is C17H23N5O2S. The van der Waals surface area contributed by atoms with Gasteiger partial charge in [-0.25, -0.2) is 4.79 Å². The van der Waals surface area contributed by atoms with Crippen LogP contribution in [0.2, 0.25) is 0 Å². The smallest absolute Gasteiger partial charge is 0.321 e. The number of imide groups is 1. The van der Waals surface area contributed by atoms with Crippen molar-refractivity contribution in [3.05, 3.63) is 29.8 Å². The van der Waals surface area contributed by atoms with Crippen LogP contribution in [0.4, 0.5) is 4.79 Å². The molecule has 0 aliphatic heterocycles. The zero-order valence-corrected chi connectivity index (χ0v) is 15.9. The van der Waals surface area contributed by atoms with Gasteiger partial charge in [0.05, 0.1) is 5.75 Å². The van der Waals surface area contributed by atoms with Gasteiger partial charge in [0.25, 0.3) is 0 Å². The van der Waals surface area contributed by atoms with Crippen LogP contribution in [0.15, 0.2) is 29.4 Å². The summed E-state index contributed by atoms with van der Waals surface area (Å²) in [6.07, 6.45) is 0. The van der Waals surface area contributed by atoms with Gasteiger partial charge >= 0.3 is 6.03 Å². The van der Waals surface area contributed by atoms with E-state index in [1.54, 1.807) is 0 Å². The first-order chi connectivity index (χ1) is 11.7. The largest absolute Gasteiger partial charge is 0.333 e. The van der Waals surface area contributed by atoms with E-state index in [0.29, 0.717) is 5.16 Å². The van der Waals surface area contributed by atoms with E-state index in [-0.39, 0.29) is 11.7 Å². The Morgan fingerprint density at radius 2 is 1.96 bits per heavy atom. The molecule has 0 saturated carbocycles. The van der Waals surface area contributed by atoms with Gasteiger partial charge in [0.2, 0.25) is 5.91 Å². The maximum atomic E-state index is 11.9. The van der Waals surface area contributed by atoms with E-state index in [1.807, 2.05) is 63.6 Å². The van der Waals surface area contributed by atoms with Gasteiger partial charge in [-0.05, 0) is 33.8 Å². The van der Waals surface area contributed by atoms with Crippen LogP contribution < -0.4 is 10.6 Å². The number of hydrogen-bond acceptors (Lipinski definition) is 5. The summed E-state index contributed by atoms with van der Waals surface area (Å²) < 4.78 is 1.84. The lowest BCUT2D eigenvalue weighted by molar-refractivity contribution is -0.117.